The lowest BCUT2D eigenvalue weighted by atomic mass is 10.1. The van der Waals surface area contributed by atoms with Crippen LogP contribution in [0.1, 0.15) is 31.2 Å². The van der Waals surface area contributed by atoms with Crippen LogP contribution in [0, 0.1) is 0 Å². The number of nitrogens with one attached hydrogen (secondary N) is 2. The van der Waals surface area contributed by atoms with E-state index in [1.807, 2.05) is 24.3 Å². The number of unbranched alkanes of at least 4 members (excludes halogenated alkanes) is 2. The fourth-order valence-electron chi connectivity index (χ4n) is 3.20. The highest BCUT2D eigenvalue weighted by Crippen LogP contribution is 2.32. The molecule has 0 atom stereocenters. The Balaban J connectivity index is 1.29. The molecule has 0 saturated heterocycles. The second kappa shape index (κ2) is 11.4. The molecule has 1 heterocycles. The fourth-order valence-corrected chi connectivity index (χ4v) is 4.50. The van der Waals surface area contributed by atoms with Gasteiger partial charge in [-0.05, 0) is 49.1 Å². The van der Waals surface area contributed by atoms with Gasteiger partial charge in [0.1, 0.15) is 13.2 Å². The monoisotopic (exact) mass is 466 g/mol. The zero-order valence-electron chi connectivity index (χ0n) is 17.2. The first kappa shape index (κ1) is 23.4. The normalized spacial score (nSPS) is 13.1. The molecular weight excluding hydrogens is 440 g/mol. The number of benzene rings is 2. The van der Waals surface area contributed by atoms with Crippen molar-refractivity contribution in [1.29, 1.82) is 0 Å². The van der Waals surface area contributed by atoms with Crippen molar-refractivity contribution >= 4 is 27.5 Å². The van der Waals surface area contributed by atoms with Crippen molar-refractivity contribution in [3.63, 3.8) is 0 Å². The van der Waals surface area contributed by atoms with Gasteiger partial charge in [-0.15, -0.1) is 0 Å². The van der Waals surface area contributed by atoms with Crippen molar-refractivity contribution in [3.05, 3.63) is 53.1 Å². The topological polar surface area (TPSA) is 93.7 Å². The standard InChI is InChI=1S/C22H27ClN2O5S/c23-18-6-4-5-17(15-18)10-12-24-22(26)7-2-1-3-11-25-31(27,28)19-8-9-20-21(16-19)30-14-13-29-20/h4-6,8-9,15-16,25H,1-3,7,10-14H2,(H,24,26). The molecule has 31 heavy (non-hydrogen) atoms. The number of amides is 1. The van der Waals surface area contributed by atoms with Gasteiger partial charge in [-0.1, -0.05) is 30.2 Å². The third-order valence-corrected chi connectivity index (χ3v) is 6.52. The van der Waals surface area contributed by atoms with Gasteiger partial charge in [0, 0.05) is 30.6 Å². The molecule has 0 radical (unpaired) electrons. The number of carbonyl (C=O) groups excluding carboxylic acids is 1. The highest BCUT2D eigenvalue weighted by Gasteiger charge is 2.18. The summed E-state index contributed by atoms with van der Waals surface area (Å²) in [7, 11) is -3.61. The van der Waals surface area contributed by atoms with E-state index in [1.165, 1.54) is 12.1 Å². The van der Waals surface area contributed by atoms with Crippen LogP contribution in [0.25, 0.3) is 0 Å². The van der Waals surface area contributed by atoms with Crippen LogP contribution in [0.2, 0.25) is 5.02 Å². The second-order valence-corrected chi connectivity index (χ2v) is 9.45. The molecule has 1 amide bonds. The molecule has 0 fully saturated rings. The minimum absolute atomic E-state index is 0.00103. The van der Waals surface area contributed by atoms with Crippen LogP contribution in [0.15, 0.2) is 47.4 Å². The molecule has 7 nitrogen and oxygen atoms in total. The zero-order valence-corrected chi connectivity index (χ0v) is 18.8. The number of hydrogen-bond donors (Lipinski definition) is 2. The van der Waals surface area contributed by atoms with Crippen LogP contribution < -0.4 is 19.5 Å². The van der Waals surface area contributed by atoms with E-state index in [-0.39, 0.29) is 10.8 Å². The third-order valence-electron chi connectivity index (χ3n) is 4.82. The quantitative estimate of drug-likeness (QED) is 0.495. The van der Waals surface area contributed by atoms with Crippen LogP contribution in [-0.2, 0) is 21.2 Å². The molecule has 2 N–H and O–H groups in total. The van der Waals surface area contributed by atoms with Gasteiger partial charge in [0.05, 0.1) is 4.90 Å². The van der Waals surface area contributed by atoms with Crippen LogP contribution in [-0.4, -0.2) is 40.6 Å². The Morgan fingerprint density at radius 2 is 1.77 bits per heavy atom. The van der Waals surface area contributed by atoms with Crippen molar-refractivity contribution in [3.8, 4) is 11.5 Å². The van der Waals surface area contributed by atoms with E-state index < -0.39 is 10.0 Å². The van der Waals surface area contributed by atoms with Gasteiger partial charge >= 0.3 is 0 Å². The molecular formula is C22H27ClN2O5S. The first-order chi connectivity index (χ1) is 14.9. The van der Waals surface area contributed by atoms with Gasteiger partial charge in [0.25, 0.3) is 0 Å². The van der Waals surface area contributed by atoms with Crippen molar-refractivity contribution in [2.75, 3.05) is 26.3 Å². The van der Waals surface area contributed by atoms with Crippen molar-refractivity contribution in [2.24, 2.45) is 0 Å². The summed E-state index contributed by atoms with van der Waals surface area (Å²) in [6.07, 6.45) is 3.26. The summed E-state index contributed by atoms with van der Waals surface area (Å²) in [5.41, 5.74) is 1.08. The van der Waals surface area contributed by atoms with E-state index in [4.69, 9.17) is 21.1 Å². The largest absolute Gasteiger partial charge is 0.486 e. The molecule has 1 aliphatic rings. The van der Waals surface area contributed by atoms with Crippen LogP contribution in [0.5, 0.6) is 11.5 Å². The summed E-state index contributed by atoms with van der Waals surface area (Å²) in [4.78, 5) is 12.1. The molecule has 0 bridgehead atoms. The molecule has 0 saturated carbocycles. The lowest BCUT2D eigenvalue weighted by Crippen LogP contribution is -2.26. The van der Waals surface area contributed by atoms with E-state index in [0.717, 1.165) is 18.4 Å². The molecule has 3 rings (SSSR count). The summed E-state index contributed by atoms with van der Waals surface area (Å²) >= 11 is 5.95. The highest BCUT2D eigenvalue weighted by atomic mass is 35.5. The van der Waals surface area contributed by atoms with Gasteiger partial charge in [0.15, 0.2) is 11.5 Å². The molecule has 168 valence electrons. The molecule has 0 spiro atoms. The van der Waals surface area contributed by atoms with Crippen LogP contribution >= 0.6 is 11.6 Å². The average molecular weight is 467 g/mol. The van der Waals surface area contributed by atoms with Gasteiger partial charge in [-0.25, -0.2) is 13.1 Å². The Kier molecular flexibility index (Phi) is 8.57. The van der Waals surface area contributed by atoms with Gasteiger partial charge < -0.3 is 14.8 Å². The van der Waals surface area contributed by atoms with E-state index in [9.17, 15) is 13.2 Å². The van der Waals surface area contributed by atoms with Crippen LogP contribution in [0.4, 0.5) is 0 Å². The molecule has 0 aromatic heterocycles. The minimum atomic E-state index is -3.61. The number of fused-ring (bicyclic) bond motifs is 1. The Labute approximate surface area is 188 Å². The Morgan fingerprint density at radius 1 is 0.968 bits per heavy atom. The molecule has 2 aromatic rings. The maximum atomic E-state index is 12.4. The molecule has 9 heteroatoms. The summed E-state index contributed by atoms with van der Waals surface area (Å²) in [5.74, 6) is 0.991. The average Bonchev–Trinajstić information content (AvgIpc) is 2.76. The highest BCUT2D eigenvalue weighted by molar-refractivity contribution is 7.89. The van der Waals surface area contributed by atoms with E-state index in [1.54, 1.807) is 6.07 Å². The first-order valence-electron chi connectivity index (χ1n) is 10.3. The van der Waals surface area contributed by atoms with Gasteiger partial charge in [0.2, 0.25) is 15.9 Å². The maximum Gasteiger partial charge on any atom is 0.240 e. The predicted molar refractivity (Wildman–Crippen MR) is 119 cm³/mol. The second-order valence-electron chi connectivity index (χ2n) is 7.24. The van der Waals surface area contributed by atoms with Gasteiger partial charge in [-0.2, -0.15) is 0 Å². The number of ether oxygens (including phenoxy) is 2. The molecule has 2 aromatic carbocycles. The Bertz CT molecular complexity index is 997. The smallest absolute Gasteiger partial charge is 0.240 e. The molecule has 0 aliphatic carbocycles. The Hall–Kier alpha value is -2.29. The number of carbonyl (C=O) groups is 1. The number of sulfonamides is 1. The first-order valence-corrected chi connectivity index (χ1v) is 12.2. The van der Waals surface area contributed by atoms with Crippen LogP contribution in [0.3, 0.4) is 0 Å². The summed E-state index contributed by atoms with van der Waals surface area (Å²) in [5, 5.41) is 3.58. The predicted octanol–water partition coefficient (Wildman–Crippen LogP) is 3.31. The van der Waals surface area contributed by atoms with E-state index in [0.29, 0.717) is 62.1 Å². The van der Waals surface area contributed by atoms with E-state index in [2.05, 4.69) is 10.0 Å². The fraction of sp³-hybridized carbons (Fsp3) is 0.409. The minimum Gasteiger partial charge on any atom is -0.486 e. The molecule has 0 unspecified atom stereocenters. The number of halogens is 1. The Morgan fingerprint density at radius 3 is 2.58 bits per heavy atom. The molecule has 1 aliphatic heterocycles. The number of hydrogen-bond acceptors (Lipinski definition) is 5. The SMILES string of the molecule is O=C(CCCCCNS(=O)(=O)c1ccc2c(c1)OCCO2)NCCc1cccc(Cl)c1. The van der Waals surface area contributed by atoms with E-state index >= 15 is 0 Å². The summed E-state index contributed by atoms with van der Waals surface area (Å²) in [6.45, 7) is 1.73. The summed E-state index contributed by atoms with van der Waals surface area (Å²) in [6, 6.07) is 12.2. The van der Waals surface area contributed by atoms with Gasteiger partial charge in [-0.3, -0.25) is 4.79 Å². The summed E-state index contributed by atoms with van der Waals surface area (Å²) < 4.78 is 38.3. The maximum absolute atomic E-state index is 12.4. The van der Waals surface area contributed by atoms with Crippen molar-refractivity contribution < 1.29 is 22.7 Å². The van der Waals surface area contributed by atoms with Crippen molar-refractivity contribution in [2.45, 2.75) is 37.0 Å². The van der Waals surface area contributed by atoms with Crippen molar-refractivity contribution in [1.82, 2.24) is 10.0 Å². The third kappa shape index (κ3) is 7.41. The zero-order chi connectivity index (χ0) is 22.1. The lowest BCUT2D eigenvalue weighted by molar-refractivity contribution is -0.121. The lowest BCUT2D eigenvalue weighted by Gasteiger charge is -2.18. The number of rotatable bonds is 11.